The van der Waals surface area contributed by atoms with Gasteiger partial charge >= 0.3 is 0 Å². The first-order valence-corrected chi connectivity index (χ1v) is 11.8. The molecular formula is C27H34N4O2. The van der Waals surface area contributed by atoms with E-state index in [1.807, 2.05) is 55.5 Å². The van der Waals surface area contributed by atoms with Gasteiger partial charge in [-0.15, -0.1) is 0 Å². The molecule has 0 radical (unpaired) electrons. The first kappa shape index (κ1) is 23.1. The highest BCUT2D eigenvalue weighted by Crippen LogP contribution is 2.33. The molecule has 3 aromatic rings. The number of fused-ring (bicyclic) bond motifs is 1. The number of H-pyrrole nitrogens is 1. The second kappa shape index (κ2) is 9.79. The highest BCUT2D eigenvalue weighted by Gasteiger charge is 2.25. The zero-order valence-electron chi connectivity index (χ0n) is 20.0. The van der Waals surface area contributed by atoms with E-state index in [-0.39, 0.29) is 17.8 Å². The Bertz CT molecular complexity index is 1140. The molecule has 0 atom stereocenters. The molecular weight excluding hydrogens is 412 g/mol. The van der Waals surface area contributed by atoms with Crippen LogP contribution in [0.15, 0.2) is 53.5 Å². The Kier molecular flexibility index (Phi) is 6.84. The Labute approximate surface area is 195 Å². The fraction of sp³-hybridized carbons (Fsp3) is 0.407. The molecule has 2 aromatic carbocycles. The summed E-state index contributed by atoms with van der Waals surface area (Å²) in [4.78, 5) is 24.9. The van der Waals surface area contributed by atoms with Crippen LogP contribution in [-0.2, 0) is 0 Å². The molecule has 0 saturated heterocycles. The van der Waals surface area contributed by atoms with Crippen LogP contribution < -0.4 is 0 Å². The lowest BCUT2D eigenvalue weighted by atomic mass is 9.90. The van der Waals surface area contributed by atoms with E-state index in [4.69, 9.17) is 4.99 Å². The van der Waals surface area contributed by atoms with Gasteiger partial charge in [0.25, 0.3) is 5.91 Å². The van der Waals surface area contributed by atoms with Gasteiger partial charge in [0.05, 0.1) is 17.3 Å². The van der Waals surface area contributed by atoms with Crippen LogP contribution in [0.5, 0.6) is 5.88 Å². The summed E-state index contributed by atoms with van der Waals surface area (Å²) in [5.41, 5.74) is 3.82. The molecule has 6 nitrogen and oxygen atoms in total. The molecule has 1 aliphatic rings. The zero-order valence-corrected chi connectivity index (χ0v) is 20.0. The summed E-state index contributed by atoms with van der Waals surface area (Å²) in [6.45, 7) is 2.59. The summed E-state index contributed by atoms with van der Waals surface area (Å²) in [7, 11) is 6.07. The minimum Gasteiger partial charge on any atom is -0.494 e. The molecule has 0 spiro atoms. The Morgan fingerprint density at radius 1 is 1.03 bits per heavy atom. The Hall–Kier alpha value is -3.12. The van der Waals surface area contributed by atoms with Crippen LogP contribution in [0.2, 0.25) is 0 Å². The van der Waals surface area contributed by atoms with Crippen molar-refractivity contribution in [1.29, 1.82) is 0 Å². The van der Waals surface area contributed by atoms with Crippen molar-refractivity contribution in [3.63, 3.8) is 0 Å². The molecule has 1 saturated carbocycles. The van der Waals surface area contributed by atoms with Crippen molar-refractivity contribution >= 4 is 22.5 Å². The number of hydrogen-bond donors (Lipinski definition) is 2. The number of amides is 1. The van der Waals surface area contributed by atoms with E-state index >= 15 is 0 Å². The third-order valence-electron chi connectivity index (χ3n) is 6.84. The molecule has 1 aromatic heterocycles. The van der Waals surface area contributed by atoms with E-state index in [1.54, 1.807) is 11.9 Å². The molecule has 4 rings (SSSR count). The first-order chi connectivity index (χ1) is 15.9. The van der Waals surface area contributed by atoms with Crippen molar-refractivity contribution in [2.45, 2.75) is 44.7 Å². The number of aromatic amines is 1. The van der Waals surface area contributed by atoms with Gasteiger partial charge in [0, 0.05) is 41.7 Å². The highest BCUT2D eigenvalue weighted by atomic mass is 16.3. The van der Waals surface area contributed by atoms with E-state index in [9.17, 15) is 9.90 Å². The standard InChI is InChI=1S/C27H34N4O2/c1-5-31(4)27(33)19-11-16-22-23(17-19)29-26(32)24(22)25(18-9-7-6-8-10-18)28-20-12-14-21(15-13-20)30(2)3/h6-11,16-17,20-21,29,32H,5,12-15H2,1-4H3. The molecule has 0 unspecified atom stereocenters. The molecule has 1 heterocycles. The number of carbonyl (C=O) groups excluding carboxylic acids is 1. The van der Waals surface area contributed by atoms with E-state index in [1.165, 1.54) is 0 Å². The number of aromatic nitrogens is 1. The summed E-state index contributed by atoms with van der Waals surface area (Å²) >= 11 is 0. The topological polar surface area (TPSA) is 71.9 Å². The van der Waals surface area contributed by atoms with Crippen molar-refractivity contribution in [3.05, 3.63) is 65.2 Å². The summed E-state index contributed by atoms with van der Waals surface area (Å²) in [5, 5.41) is 11.8. The monoisotopic (exact) mass is 446 g/mol. The number of benzene rings is 2. The van der Waals surface area contributed by atoms with Crippen LogP contribution in [0.4, 0.5) is 0 Å². The largest absolute Gasteiger partial charge is 0.494 e. The maximum absolute atomic E-state index is 12.6. The maximum Gasteiger partial charge on any atom is 0.253 e. The second-order valence-electron chi connectivity index (χ2n) is 9.20. The van der Waals surface area contributed by atoms with Gasteiger partial charge in [0.15, 0.2) is 5.88 Å². The van der Waals surface area contributed by atoms with E-state index in [0.717, 1.165) is 47.9 Å². The quantitative estimate of drug-likeness (QED) is 0.540. The van der Waals surface area contributed by atoms with Gasteiger partial charge in [-0.1, -0.05) is 36.4 Å². The molecule has 1 amide bonds. The van der Waals surface area contributed by atoms with Gasteiger partial charge in [-0.05, 0) is 58.8 Å². The van der Waals surface area contributed by atoms with Gasteiger partial charge in [-0.25, -0.2) is 0 Å². The van der Waals surface area contributed by atoms with Crippen molar-refractivity contribution < 1.29 is 9.90 Å². The molecule has 6 heteroatoms. The summed E-state index contributed by atoms with van der Waals surface area (Å²) in [6.07, 6.45) is 4.31. The Morgan fingerprint density at radius 3 is 2.36 bits per heavy atom. The highest BCUT2D eigenvalue weighted by molar-refractivity contribution is 6.21. The zero-order chi connectivity index (χ0) is 23.5. The lowest BCUT2D eigenvalue weighted by molar-refractivity contribution is 0.0802. The smallest absolute Gasteiger partial charge is 0.253 e. The van der Waals surface area contributed by atoms with Crippen LogP contribution in [0.1, 0.15) is 54.1 Å². The van der Waals surface area contributed by atoms with Crippen molar-refractivity contribution in [2.24, 2.45) is 4.99 Å². The molecule has 1 aliphatic carbocycles. The maximum atomic E-state index is 12.6. The van der Waals surface area contributed by atoms with Crippen molar-refractivity contribution in [1.82, 2.24) is 14.8 Å². The van der Waals surface area contributed by atoms with Gasteiger partial charge in [-0.3, -0.25) is 9.79 Å². The summed E-state index contributed by atoms with van der Waals surface area (Å²) < 4.78 is 0. The molecule has 2 N–H and O–H groups in total. The van der Waals surface area contributed by atoms with Crippen LogP contribution >= 0.6 is 0 Å². The molecule has 0 aliphatic heterocycles. The van der Waals surface area contributed by atoms with Crippen molar-refractivity contribution in [2.75, 3.05) is 27.7 Å². The minimum absolute atomic E-state index is 0.0374. The summed E-state index contributed by atoms with van der Waals surface area (Å²) in [5.74, 6) is 0.0488. The first-order valence-electron chi connectivity index (χ1n) is 11.8. The molecule has 174 valence electrons. The molecule has 0 bridgehead atoms. The number of aromatic hydroxyl groups is 1. The van der Waals surface area contributed by atoms with E-state index < -0.39 is 0 Å². The van der Waals surface area contributed by atoms with E-state index in [2.05, 4.69) is 24.0 Å². The SMILES string of the molecule is CCN(C)C(=O)c1ccc2c(C(=NC3CCC(N(C)C)CC3)c3ccccc3)c(O)[nH]c2c1. The number of nitrogens with zero attached hydrogens (tertiary/aromatic N) is 3. The number of hydrogen-bond acceptors (Lipinski definition) is 4. The Balaban J connectivity index is 1.75. The predicted molar refractivity (Wildman–Crippen MR) is 134 cm³/mol. The fourth-order valence-corrected chi connectivity index (χ4v) is 4.69. The van der Waals surface area contributed by atoms with Crippen molar-refractivity contribution in [3.8, 4) is 5.88 Å². The predicted octanol–water partition coefficient (Wildman–Crippen LogP) is 4.68. The van der Waals surface area contributed by atoms with Gasteiger partial charge in [0.2, 0.25) is 0 Å². The average Bonchev–Trinajstić information content (AvgIpc) is 3.17. The summed E-state index contributed by atoms with van der Waals surface area (Å²) in [6, 6.07) is 16.5. The van der Waals surface area contributed by atoms with Crippen LogP contribution in [0, 0.1) is 0 Å². The van der Waals surface area contributed by atoms with Crippen LogP contribution in [0.3, 0.4) is 0 Å². The van der Waals surface area contributed by atoms with Crippen LogP contribution in [-0.4, -0.2) is 71.3 Å². The lowest BCUT2D eigenvalue weighted by Crippen LogP contribution is -2.33. The number of rotatable bonds is 6. The third kappa shape index (κ3) is 4.81. The normalized spacial score (nSPS) is 19.2. The number of aliphatic imine (C=N–C) groups is 1. The third-order valence-corrected chi connectivity index (χ3v) is 6.84. The van der Waals surface area contributed by atoms with Gasteiger partial charge in [-0.2, -0.15) is 0 Å². The number of carbonyl (C=O) groups is 1. The minimum atomic E-state index is -0.0374. The van der Waals surface area contributed by atoms with Crippen LogP contribution in [0.25, 0.3) is 10.9 Å². The second-order valence-corrected chi connectivity index (χ2v) is 9.20. The van der Waals surface area contributed by atoms with Gasteiger partial charge < -0.3 is 19.9 Å². The number of nitrogens with one attached hydrogen (secondary N) is 1. The van der Waals surface area contributed by atoms with Gasteiger partial charge in [0.1, 0.15) is 0 Å². The lowest BCUT2D eigenvalue weighted by Gasteiger charge is -2.31. The molecule has 33 heavy (non-hydrogen) atoms. The Morgan fingerprint density at radius 2 is 1.73 bits per heavy atom. The average molecular weight is 447 g/mol. The fourth-order valence-electron chi connectivity index (χ4n) is 4.69. The van der Waals surface area contributed by atoms with E-state index in [0.29, 0.717) is 23.7 Å². The molecule has 1 fully saturated rings.